The number of aliphatic imine (C=N–C) groups is 1. The third-order valence-corrected chi connectivity index (χ3v) is 3.66. The summed E-state index contributed by atoms with van der Waals surface area (Å²) in [5.74, 6) is 0.888. The summed E-state index contributed by atoms with van der Waals surface area (Å²) in [7, 11) is 1.73. The zero-order chi connectivity index (χ0) is 14.8. The Morgan fingerprint density at radius 2 is 1.95 bits per heavy atom. The number of ether oxygens (including phenoxy) is 1. The first-order valence-electron chi connectivity index (χ1n) is 7.87. The molecular formula is C15H32N4O. The number of hydrogen-bond donors (Lipinski definition) is 2. The number of hydrogen-bond acceptors (Lipinski definition) is 3. The third kappa shape index (κ3) is 7.10. The minimum absolute atomic E-state index is 0.210. The van der Waals surface area contributed by atoms with E-state index in [1.807, 2.05) is 13.8 Å². The van der Waals surface area contributed by atoms with E-state index in [0.717, 1.165) is 25.5 Å². The first-order valence-corrected chi connectivity index (χ1v) is 7.87. The minimum Gasteiger partial charge on any atom is -0.377 e. The van der Waals surface area contributed by atoms with Gasteiger partial charge >= 0.3 is 0 Å². The minimum atomic E-state index is -0.210. The molecule has 1 fully saturated rings. The number of likely N-dealkylation sites (tertiary alicyclic amines) is 1. The predicted octanol–water partition coefficient (Wildman–Crippen LogP) is 1.45. The van der Waals surface area contributed by atoms with E-state index in [-0.39, 0.29) is 5.60 Å². The molecule has 1 heterocycles. The van der Waals surface area contributed by atoms with Crippen LogP contribution in [0.5, 0.6) is 0 Å². The van der Waals surface area contributed by atoms with Crippen molar-refractivity contribution in [3.63, 3.8) is 0 Å². The second-order valence-electron chi connectivity index (χ2n) is 5.99. The summed E-state index contributed by atoms with van der Waals surface area (Å²) in [6, 6.07) is 0. The second-order valence-corrected chi connectivity index (χ2v) is 5.99. The topological polar surface area (TPSA) is 48.9 Å². The van der Waals surface area contributed by atoms with Crippen LogP contribution in [-0.4, -0.2) is 62.8 Å². The molecule has 0 atom stereocenters. The molecule has 0 saturated carbocycles. The Labute approximate surface area is 124 Å². The third-order valence-electron chi connectivity index (χ3n) is 3.66. The van der Waals surface area contributed by atoms with E-state index in [2.05, 4.69) is 27.4 Å². The second kappa shape index (κ2) is 9.19. The van der Waals surface area contributed by atoms with Crippen molar-refractivity contribution in [2.75, 3.05) is 46.4 Å². The number of nitrogens with zero attached hydrogens (tertiary/aromatic N) is 2. The Morgan fingerprint density at radius 1 is 1.25 bits per heavy atom. The smallest absolute Gasteiger partial charge is 0.191 e. The molecule has 0 unspecified atom stereocenters. The summed E-state index contributed by atoms with van der Waals surface area (Å²) < 4.78 is 5.39. The fourth-order valence-electron chi connectivity index (χ4n) is 2.19. The van der Waals surface area contributed by atoms with Crippen LogP contribution in [0.2, 0.25) is 0 Å². The van der Waals surface area contributed by atoms with Crippen LogP contribution >= 0.6 is 0 Å². The molecule has 5 heteroatoms. The summed E-state index contributed by atoms with van der Waals surface area (Å²) in [6.45, 7) is 12.4. The highest BCUT2D eigenvalue weighted by atomic mass is 16.5. The first kappa shape index (κ1) is 17.2. The molecule has 118 valence electrons. The van der Waals surface area contributed by atoms with Gasteiger partial charge in [0.15, 0.2) is 5.96 Å². The summed E-state index contributed by atoms with van der Waals surface area (Å²) >= 11 is 0. The van der Waals surface area contributed by atoms with E-state index in [4.69, 9.17) is 4.74 Å². The van der Waals surface area contributed by atoms with Crippen molar-refractivity contribution in [2.24, 2.45) is 4.99 Å². The zero-order valence-corrected chi connectivity index (χ0v) is 13.7. The van der Waals surface area contributed by atoms with Gasteiger partial charge in [0, 0.05) is 20.2 Å². The van der Waals surface area contributed by atoms with Crippen LogP contribution in [-0.2, 0) is 4.74 Å². The molecule has 5 nitrogen and oxygen atoms in total. The van der Waals surface area contributed by atoms with Gasteiger partial charge in [0.05, 0.1) is 12.1 Å². The zero-order valence-electron chi connectivity index (χ0n) is 13.7. The van der Waals surface area contributed by atoms with Crippen molar-refractivity contribution in [3.05, 3.63) is 0 Å². The van der Waals surface area contributed by atoms with Gasteiger partial charge in [-0.15, -0.1) is 0 Å². The lowest BCUT2D eigenvalue weighted by Gasteiger charge is -2.21. The number of guanidine groups is 1. The van der Waals surface area contributed by atoms with Crippen molar-refractivity contribution < 1.29 is 4.74 Å². The highest BCUT2D eigenvalue weighted by Crippen LogP contribution is 2.07. The van der Waals surface area contributed by atoms with Crippen molar-refractivity contribution in [2.45, 2.75) is 45.6 Å². The summed E-state index contributed by atoms with van der Waals surface area (Å²) in [5, 5.41) is 6.68. The van der Waals surface area contributed by atoms with Gasteiger partial charge in [-0.05, 0) is 59.7 Å². The predicted molar refractivity (Wildman–Crippen MR) is 85.4 cm³/mol. The van der Waals surface area contributed by atoms with Crippen LogP contribution in [0.1, 0.15) is 40.0 Å². The van der Waals surface area contributed by atoms with E-state index >= 15 is 0 Å². The van der Waals surface area contributed by atoms with Crippen LogP contribution in [0.15, 0.2) is 4.99 Å². The maximum Gasteiger partial charge on any atom is 0.191 e. The molecular weight excluding hydrogens is 252 g/mol. The fourth-order valence-corrected chi connectivity index (χ4v) is 2.19. The first-order chi connectivity index (χ1) is 9.57. The summed E-state index contributed by atoms with van der Waals surface area (Å²) in [6.07, 6.45) is 3.89. The SMILES string of the molecule is CCNC(=NCC(C)(C)OC)NCCCN1CCCC1. The van der Waals surface area contributed by atoms with Crippen LogP contribution in [0.4, 0.5) is 0 Å². The van der Waals surface area contributed by atoms with Crippen molar-refractivity contribution >= 4 is 5.96 Å². The molecule has 0 radical (unpaired) electrons. The van der Waals surface area contributed by atoms with Crippen molar-refractivity contribution in [1.29, 1.82) is 0 Å². The van der Waals surface area contributed by atoms with Crippen LogP contribution in [0.3, 0.4) is 0 Å². The summed E-state index contributed by atoms with van der Waals surface area (Å²) in [4.78, 5) is 7.12. The average Bonchev–Trinajstić information content (AvgIpc) is 2.94. The molecule has 0 bridgehead atoms. The standard InChI is InChI=1S/C15H32N4O/c1-5-16-14(18-13-15(2,3)20-4)17-9-8-12-19-10-6-7-11-19/h5-13H2,1-4H3,(H2,16,17,18). The Balaban J connectivity index is 2.25. The Bertz CT molecular complexity index is 286. The molecule has 0 aromatic carbocycles. The maximum atomic E-state index is 5.39. The van der Waals surface area contributed by atoms with Gasteiger partial charge in [0.1, 0.15) is 0 Å². The van der Waals surface area contributed by atoms with E-state index in [0.29, 0.717) is 6.54 Å². The van der Waals surface area contributed by atoms with Crippen LogP contribution in [0, 0.1) is 0 Å². The van der Waals surface area contributed by atoms with Gasteiger partial charge in [-0.1, -0.05) is 0 Å². The number of methoxy groups -OCH3 is 1. The highest BCUT2D eigenvalue weighted by molar-refractivity contribution is 5.79. The van der Waals surface area contributed by atoms with Gasteiger partial charge in [-0.2, -0.15) is 0 Å². The van der Waals surface area contributed by atoms with Gasteiger partial charge < -0.3 is 20.3 Å². The van der Waals surface area contributed by atoms with Gasteiger partial charge in [0.25, 0.3) is 0 Å². The van der Waals surface area contributed by atoms with E-state index in [1.165, 1.54) is 32.5 Å². The van der Waals surface area contributed by atoms with Gasteiger partial charge in [0.2, 0.25) is 0 Å². The largest absolute Gasteiger partial charge is 0.377 e. The highest BCUT2D eigenvalue weighted by Gasteiger charge is 2.15. The monoisotopic (exact) mass is 284 g/mol. The number of rotatable bonds is 8. The lowest BCUT2D eigenvalue weighted by molar-refractivity contribution is 0.0310. The molecule has 1 aliphatic rings. The molecule has 0 spiro atoms. The fraction of sp³-hybridized carbons (Fsp3) is 0.933. The molecule has 0 aromatic heterocycles. The Kier molecular flexibility index (Phi) is 7.92. The van der Waals surface area contributed by atoms with Crippen LogP contribution in [0.25, 0.3) is 0 Å². The molecule has 0 aliphatic carbocycles. The molecule has 0 aromatic rings. The Hall–Kier alpha value is -0.810. The van der Waals surface area contributed by atoms with Crippen molar-refractivity contribution in [1.82, 2.24) is 15.5 Å². The number of nitrogens with one attached hydrogen (secondary N) is 2. The van der Waals surface area contributed by atoms with E-state index in [1.54, 1.807) is 7.11 Å². The quantitative estimate of drug-likeness (QED) is 0.402. The van der Waals surface area contributed by atoms with E-state index < -0.39 is 0 Å². The molecule has 2 N–H and O–H groups in total. The normalized spacial score (nSPS) is 17.5. The van der Waals surface area contributed by atoms with Gasteiger partial charge in [-0.25, -0.2) is 0 Å². The molecule has 1 rings (SSSR count). The summed E-state index contributed by atoms with van der Waals surface area (Å²) in [5.41, 5.74) is -0.210. The molecule has 1 aliphatic heterocycles. The van der Waals surface area contributed by atoms with Gasteiger partial charge in [-0.3, -0.25) is 4.99 Å². The molecule has 0 amide bonds. The Morgan fingerprint density at radius 3 is 2.55 bits per heavy atom. The van der Waals surface area contributed by atoms with Crippen molar-refractivity contribution in [3.8, 4) is 0 Å². The lowest BCUT2D eigenvalue weighted by atomic mass is 10.1. The molecule has 20 heavy (non-hydrogen) atoms. The van der Waals surface area contributed by atoms with E-state index in [9.17, 15) is 0 Å². The molecule has 1 saturated heterocycles. The lowest BCUT2D eigenvalue weighted by Crippen LogP contribution is -2.40. The van der Waals surface area contributed by atoms with Crippen LogP contribution < -0.4 is 10.6 Å². The average molecular weight is 284 g/mol. The maximum absolute atomic E-state index is 5.39.